The molecule has 1 saturated heterocycles. The minimum absolute atomic E-state index is 0. The number of amides is 1. The van der Waals surface area contributed by atoms with Crippen LogP contribution in [-0.4, -0.2) is 33.2 Å². The van der Waals surface area contributed by atoms with Gasteiger partial charge in [0.15, 0.2) is 11.5 Å². The Labute approximate surface area is 156 Å². The van der Waals surface area contributed by atoms with Gasteiger partial charge in [0.05, 0.1) is 25.7 Å². The quantitative estimate of drug-likeness (QED) is 0.838. The molecule has 1 saturated carbocycles. The van der Waals surface area contributed by atoms with Crippen molar-refractivity contribution in [2.75, 3.05) is 27.3 Å². The first-order valence-corrected chi connectivity index (χ1v) is 8.84. The fourth-order valence-corrected chi connectivity index (χ4v) is 4.24. The summed E-state index contributed by atoms with van der Waals surface area (Å²) in [5.41, 5.74) is 0.805. The molecule has 6 heteroatoms. The van der Waals surface area contributed by atoms with Gasteiger partial charge in [-0.15, -0.1) is 12.4 Å². The zero-order valence-corrected chi connectivity index (χ0v) is 16.1. The first kappa shape index (κ1) is 19.9. The van der Waals surface area contributed by atoms with Gasteiger partial charge in [0.25, 0.3) is 0 Å². The highest BCUT2D eigenvalue weighted by atomic mass is 35.5. The molecule has 5 nitrogen and oxygen atoms in total. The third-order valence-corrected chi connectivity index (χ3v) is 5.75. The third kappa shape index (κ3) is 3.72. The molecule has 3 rings (SSSR count). The van der Waals surface area contributed by atoms with E-state index in [1.165, 1.54) is 6.42 Å². The monoisotopic (exact) mass is 368 g/mol. The SMILES string of the molecule is COc1ccc(C(C)NC(=O)[C@@]23CCCC[C@H]2CNC3)cc1OC.Cl. The van der Waals surface area contributed by atoms with Crippen LogP contribution in [0.3, 0.4) is 0 Å². The van der Waals surface area contributed by atoms with Gasteiger partial charge in [-0.1, -0.05) is 18.9 Å². The topological polar surface area (TPSA) is 59.6 Å². The standard InChI is InChI=1S/C19H28N2O3.ClH/c1-13(14-7-8-16(23-2)17(10-14)24-3)21-18(22)19-9-5-4-6-15(19)11-20-12-19;/h7-8,10,13,15,20H,4-6,9,11-12H2,1-3H3,(H,21,22);1H/t13?,15-,19+;/m0./s1. The average Bonchev–Trinajstić information content (AvgIpc) is 3.06. The molecule has 25 heavy (non-hydrogen) atoms. The molecule has 2 fully saturated rings. The molecule has 1 aliphatic heterocycles. The third-order valence-electron chi connectivity index (χ3n) is 5.75. The van der Waals surface area contributed by atoms with Crippen LogP contribution in [0.4, 0.5) is 0 Å². The molecule has 2 aliphatic rings. The molecule has 3 atom stereocenters. The van der Waals surface area contributed by atoms with Gasteiger partial charge in [-0.3, -0.25) is 4.79 Å². The summed E-state index contributed by atoms with van der Waals surface area (Å²) in [5, 5.41) is 6.68. The Kier molecular flexibility index (Phi) is 6.58. The van der Waals surface area contributed by atoms with E-state index in [9.17, 15) is 4.79 Å². The lowest BCUT2D eigenvalue weighted by Crippen LogP contribution is -2.48. The van der Waals surface area contributed by atoms with Crippen LogP contribution in [0.5, 0.6) is 11.5 Å². The molecule has 1 aromatic carbocycles. The van der Waals surface area contributed by atoms with Crippen molar-refractivity contribution >= 4 is 18.3 Å². The highest BCUT2D eigenvalue weighted by molar-refractivity contribution is 5.85. The Balaban J connectivity index is 0.00000225. The van der Waals surface area contributed by atoms with E-state index >= 15 is 0 Å². The first-order chi connectivity index (χ1) is 11.6. The summed E-state index contributed by atoms with van der Waals surface area (Å²) >= 11 is 0. The Bertz CT molecular complexity index is 610. The van der Waals surface area contributed by atoms with Crippen molar-refractivity contribution < 1.29 is 14.3 Å². The Morgan fingerprint density at radius 2 is 2.04 bits per heavy atom. The van der Waals surface area contributed by atoms with Gasteiger partial charge in [0.1, 0.15) is 0 Å². The van der Waals surface area contributed by atoms with Crippen molar-refractivity contribution in [1.29, 1.82) is 0 Å². The number of carbonyl (C=O) groups excluding carboxylic acids is 1. The van der Waals surface area contributed by atoms with Crippen molar-refractivity contribution in [3.8, 4) is 11.5 Å². The van der Waals surface area contributed by atoms with E-state index in [-0.39, 0.29) is 29.8 Å². The second kappa shape index (κ2) is 8.28. The Hall–Kier alpha value is -1.46. The predicted octanol–water partition coefficient (Wildman–Crippen LogP) is 3.08. The number of methoxy groups -OCH3 is 2. The predicted molar refractivity (Wildman–Crippen MR) is 101 cm³/mol. The average molecular weight is 369 g/mol. The van der Waals surface area contributed by atoms with E-state index in [4.69, 9.17) is 9.47 Å². The summed E-state index contributed by atoms with van der Waals surface area (Å²) in [5.74, 6) is 2.06. The molecule has 0 aromatic heterocycles. The van der Waals surface area contributed by atoms with E-state index in [1.54, 1.807) is 14.2 Å². The molecule has 0 spiro atoms. The molecule has 1 amide bonds. The number of rotatable bonds is 5. The zero-order chi connectivity index (χ0) is 17.2. The van der Waals surface area contributed by atoms with Crippen LogP contribution in [-0.2, 0) is 4.79 Å². The van der Waals surface area contributed by atoms with Crippen LogP contribution >= 0.6 is 12.4 Å². The van der Waals surface area contributed by atoms with Gasteiger partial charge in [-0.2, -0.15) is 0 Å². The lowest BCUT2D eigenvalue weighted by molar-refractivity contribution is -0.134. The zero-order valence-electron chi connectivity index (χ0n) is 15.3. The first-order valence-electron chi connectivity index (χ1n) is 8.84. The van der Waals surface area contributed by atoms with Crippen LogP contribution in [0.25, 0.3) is 0 Å². The van der Waals surface area contributed by atoms with Gasteiger partial charge in [-0.25, -0.2) is 0 Å². The summed E-state index contributed by atoms with van der Waals surface area (Å²) in [4.78, 5) is 13.1. The molecule has 1 unspecified atom stereocenters. The van der Waals surface area contributed by atoms with E-state index in [0.29, 0.717) is 17.4 Å². The highest BCUT2D eigenvalue weighted by Gasteiger charge is 2.49. The molecule has 1 aromatic rings. The Morgan fingerprint density at radius 3 is 2.76 bits per heavy atom. The van der Waals surface area contributed by atoms with Crippen molar-refractivity contribution in [1.82, 2.24) is 10.6 Å². The molecule has 2 N–H and O–H groups in total. The Morgan fingerprint density at radius 1 is 1.28 bits per heavy atom. The summed E-state index contributed by atoms with van der Waals surface area (Å²) < 4.78 is 10.7. The van der Waals surface area contributed by atoms with Crippen LogP contribution in [0.15, 0.2) is 18.2 Å². The van der Waals surface area contributed by atoms with Crippen LogP contribution in [0.1, 0.15) is 44.2 Å². The number of benzene rings is 1. The second-order valence-corrected chi connectivity index (χ2v) is 7.04. The maximum Gasteiger partial charge on any atom is 0.228 e. The maximum absolute atomic E-state index is 13.1. The van der Waals surface area contributed by atoms with Gasteiger partial charge in [0.2, 0.25) is 5.91 Å². The smallest absolute Gasteiger partial charge is 0.228 e. The molecule has 1 heterocycles. The number of hydrogen-bond acceptors (Lipinski definition) is 4. The van der Waals surface area contributed by atoms with Crippen molar-refractivity contribution in [2.45, 2.75) is 38.6 Å². The fourth-order valence-electron chi connectivity index (χ4n) is 4.24. The highest BCUT2D eigenvalue weighted by Crippen LogP contribution is 2.44. The van der Waals surface area contributed by atoms with E-state index in [0.717, 1.165) is 37.9 Å². The molecular formula is C19H29ClN2O3. The number of fused-ring (bicyclic) bond motifs is 1. The molecule has 1 aliphatic carbocycles. The fraction of sp³-hybridized carbons (Fsp3) is 0.632. The molecule has 0 bridgehead atoms. The van der Waals surface area contributed by atoms with Gasteiger partial charge in [-0.05, 0) is 49.9 Å². The molecule has 140 valence electrons. The number of hydrogen-bond donors (Lipinski definition) is 2. The summed E-state index contributed by atoms with van der Waals surface area (Å²) in [7, 11) is 3.25. The largest absolute Gasteiger partial charge is 0.493 e. The second-order valence-electron chi connectivity index (χ2n) is 7.04. The van der Waals surface area contributed by atoms with Crippen LogP contribution in [0, 0.1) is 11.3 Å². The minimum Gasteiger partial charge on any atom is -0.493 e. The number of ether oxygens (including phenoxy) is 2. The summed E-state index contributed by atoms with van der Waals surface area (Å²) in [6.45, 7) is 3.80. The van der Waals surface area contributed by atoms with Crippen molar-refractivity contribution in [2.24, 2.45) is 11.3 Å². The maximum atomic E-state index is 13.1. The molecular weight excluding hydrogens is 340 g/mol. The lowest BCUT2D eigenvalue weighted by atomic mass is 9.67. The normalized spacial score (nSPS) is 26.1. The summed E-state index contributed by atoms with van der Waals surface area (Å²) in [6, 6.07) is 5.74. The van der Waals surface area contributed by atoms with E-state index in [1.807, 2.05) is 25.1 Å². The van der Waals surface area contributed by atoms with Crippen LogP contribution in [0.2, 0.25) is 0 Å². The van der Waals surface area contributed by atoms with Crippen LogP contribution < -0.4 is 20.1 Å². The number of halogens is 1. The lowest BCUT2D eigenvalue weighted by Gasteiger charge is -2.38. The molecule has 0 radical (unpaired) electrons. The van der Waals surface area contributed by atoms with Crippen molar-refractivity contribution in [3.63, 3.8) is 0 Å². The van der Waals surface area contributed by atoms with E-state index < -0.39 is 0 Å². The van der Waals surface area contributed by atoms with Crippen molar-refractivity contribution in [3.05, 3.63) is 23.8 Å². The van der Waals surface area contributed by atoms with E-state index in [2.05, 4.69) is 10.6 Å². The number of nitrogens with one attached hydrogen (secondary N) is 2. The number of carbonyl (C=O) groups is 1. The minimum atomic E-state index is -0.219. The van der Waals surface area contributed by atoms with Gasteiger partial charge >= 0.3 is 0 Å². The summed E-state index contributed by atoms with van der Waals surface area (Å²) in [6.07, 6.45) is 4.54. The van der Waals surface area contributed by atoms with Gasteiger partial charge < -0.3 is 20.1 Å². The van der Waals surface area contributed by atoms with Gasteiger partial charge in [0, 0.05) is 6.54 Å².